The summed E-state index contributed by atoms with van der Waals surface area (Å²) in [5.41, 5.74) is 1.27. The Morgan fingerprint density at radius 3 is 2.00 bits per heavy atom. The van der Waals surface area contributed by atoms with E-state index in [9.17, 15) is 2.74 Å². The van der Waals surface area contributed by atoms with Crippen LogP contribution in [0.25, 0.3) is 65.7 Å². The molecule has 0 bridgehead atoms. The third-order valence-electron chi connectivity index (χ3n) is 6.71. The Hall–Kier alpha value is -4.56. The molecule has 0 amide bonds. The molecule has 0 aliphatic carbocycles. The topological polar surface area (TPSA) is 22.4 Å². The predicted molar refractivity (Wildman–Crippen MR) is 149 cm³/mol. The Bertz CT molecular complexity index is 2570. The van der Waals surface area contributed by atoms with E-state index < -0.39 is 84.1 Å². The quantitative estimate of drug-likeness (QED) is 0.233. The van der Waals surface area contributed by atoms with Crippen molar-refractivity contribution in [1.29, 1.82) is 0 Å². The van der Waals surface area contributed by atoms with Crippen molar-refractivity contribution in [1.82, 2.24) is 0 Å². The van der Waals surface area contributed by atoms with E-state index in [2.05, 4.69) is 0 Å². The first-order chi connectivity index (χ1) is 23.3. The van der Waals surface area contributed by atoms with Crippen molar-refractivity contribution in [3.05, 3.63) is 114 Å². The molecule has 0 saturated carbocycles. The standard InChI is InChI=1S/C34H22O2/c1-2-10-21(11-3-1)31-22-12-4-6-14-24(22)32(25-15-7-5-13-23(25)31)28-20-30-33(27-18-19-35-34(27)28)26-16-8-9-17-29(26)36-30/h1-17,20H,18-19H2/i1D,2D,3D,4D,5D,6D,7D,10D,11D,12D,13D,14D,15D. The first kappa shape index (κ1) is 11.0. The second kappa shape index (κ2) is 7.47. The van der Waals surface area contributed by atoms with Gasteiger partial charge in [0, 0.05) is 33.9 Å². The smallest absolute Gasteiger partial charge is 0.136 e. The Labute approximate surface area is 226 Å². The fraction of sp³-hybridized carbons (Fsp3) is 0.0588. The third-order valence-corrected chi connectivity index (χ3v) is 6.71. The van der Waals surface area contributed by atoms with Crippen LogP contribution in [0.15, 0.2) is 113 Å². The molecule has 2 heteroatoms. The zero-order valence-corrected chi connectivity index (χ0v) is 18.6. The molecule has 8 rings (SSSR count). The first-order valence-corrected chi connectivity index (χ1v) is 11.4. The summed E-state index contributed by atoms with van der Waals surface area (Å²) in [6.45, 7) is 0.271. The number of para-hydroxylation sites is 1. The molecule has 0 radical (unpaired) electrons. The minimum atomic E-state index is -0.718. The number of benzene rings is 6. The molecule has 0 saturated heterocycles. The molecule has 170 valence electrons. The fourth-order valence-corrected chi connectivity index (χ4v) is 5.31. The molecule has 1 aromatic heterocycles. The van der Waals surface area contributed by atoms with Crippen LogP contribution in [-0.2, 0) is 6.42 Å². The summed E-state index contributed by atoms with van der Waals surface area (Å²) in [7, 11) is 0. The van der Waals surface area contributed by atoms with Gasteiger partial charge in [0.25, 0.3) is 0 Å². The Morgan fingerprint density at radius 2 is 1.28 bits per heavy atom. The minimum absolute atomic E-state index is 0.0145. The van der Waals surface area contributed by atoms with E-state index >= 15 is 0 Å². The van der Waals surface area contributed by atoms with Crippen molar-refractivity contribution >= 4 is 43.5 Å². The van der Waals surface area contributed by atoms with Crippen LogP contribution in [0.3, 0.4) is 0 Å². The SMILES string of the molecule is [2H]c1c([2H])c([2H])c(-c2c3c([2H])c([2H])c([2H])c([2H])c3c(-c3cc4oc5ccccc5c4c4c3OCC4)c3c([2H])c([2H])c([2H])c([2H])c23)c([2H])c1[2H]. The summed E-state index contributed by atoms with van der Waals surface area (Å²) in [5.74, 6) is 0.358. The summed E-state index contributed by atoms with van der Waals surface area (Å²) >= 11 is 0. The van der Waals surface area contributed by atoms with Gasteiger partial charge in [-0.3, -0.25) is 0 Å². The zero-order chi connectivity index (χ0) is 35.0. The average molecular weight is 476 g/mol. The molecule has 0 unspecified atom stereocenters. The normalized spacial score (nSPS) is 18.1. The van der Waals surface area contributed by atoms with E-state index in [-0.39, 0.29) is 44.8 Å². The predicted octanol–water partition coefficient (Wildman–Crippen LogP) is 9.16. The van der Waals surface area contributed by atoms with Crippen LogP contribution in [0, 0.1) is 0 Å². The van der Waals surface area contributed by atoms with Gasteiger partial charge in [-0.1, -0.05) is 96.8 Å². The summed E-state index contributed by atoms with van der Waals surface area (Å²) in [4.78, 5) is 0. The zero-order valence-electron chi connectivity index (χ0n) is 31.6. The van der Waals surface area contributed by atoms with E-state index in [1.54, 1.807) is 6.07 Å². The minimum Gasteiger partial charge on any atom is -0.492 e. The molecule has 1 aliphatic heterocycles. The molecule has 0 atom stereocenters. The molecule has 0 spiro atoms. The van der Waals surface area contributed by atoms with E-state index in [0.717, 1.165) is 16.3 Å². The summed E-state index contributed by atoms with van der Waals surface area (Å²) in [6.07, 6.45) is 0.468. The Balaban J connectivity index is 1.73. The van der Waals surface area contributed by atoms with Gasteiger partial charge in [-0.2, -0.15) is 0 Å². The van der Waals surface area contributed by atoms with Crippen molar-refractivity contribution in [2.24, 2.45) is 0 Å². The van der Waals surface area contributed by atoms with Gasteiger partial charge in [0.15, 0.2) is 0 Å². The molecule has 1 aliphatic rings. The van der Waals surface area contributed by atoms with Crippen LogP contribution in [0.4, 0.5) is 0 Å². The summed E-state index contributed by atoms with van der Waals surface area (Å²) < 4.78 is 126. The molecule has 2 nitrogen and oxygen atoms in total. The monoisotopic (exact) mass is 475 g/mol. The van der Waals surface area contributed by atoms with Crippen LogP contribution in [0.2, 0.25) is 0 Å². The van der Waals surface area contributed by atoms with Gasteiger partial charge in [0.05, 0.1) is 24.4 Å². The lowest BCUT2D eigenvalue weighted by Crippen LogP contribution is -1.93. The number of fused-ring (bicyclic) bond motifs is 7. The van der Waals surface area contributed by atoms with Gasteiger partial charge < -0.3 is 9.15 Å². The fourth-order valence-electron chi connectivity index (χ4n) is 5.31. The van der Waals surface area contributed by atoms with Crippen molar-refractivity contribution in [2.75, 3.05) is 6.61 Å². The van der Waals surface area contributed by atoms with Gasteiger partial charge in [0.1, 0.15) is 16.9 Å². The lowest BCUT2D eigenvalue weighted by molar-refractivity contribution is 0.358. The van der Waals surface area contributed by atoms with Gasteiger partial charge >= 0.3 is 0 Å². The van der Waals surface area contributed by atoms with Crippen LogP contribution >= 0.6 is 0 Å². The van der Waals surface area contributed by atoms with Gasteiger partial charge in [-0.25, -0.2) is 0 Å². The molecule has 7 aromatic rings. The first-order valence-electron chi connectivity index (χ1n) is 17.9. The van der Waals surface area contributed by atoms with Gasteiger partial charge in [-0.05, 0) is 44.8 Å². The summed E-state index contributed by atoms with van der Waals surface area (Å²) in [6, 6.07) is 0.585. The molecule has 36 heavy (non-hydrogen) atoms. The van der Waals surface area contributed by atoms with Crippen molar-refractivity contribution in [2.45, 2.75) is 6.42 Å². The lowest BCUT2D eigenvalue weighted by Gasteiger charge is -2.19. The van der Waals surface area contributed by atoms with Crippen LogP contribution < -0.4 is 4.74 Å². The van der Waals surface area contributed by atoms with Crippen LogP contribution in [0.5, 0.6) is 5.75 Å². The number of furan rings is 1. The summed E-state index contributed by atoms with van der Waals surface area (Å²) in [5, 5.41) is 0.750. The molecule has 0 fully saturated rings. The highest BCUT2D eigenvalue weighted by molar-refractivity contribution is 6.23. The van der Waals surface area contributed by atoms with E-state index in [1.807, 2.05) is 24.3 Å². The number of rotatable bonds is 2. The van der Waals surface area contributed by atoms with Crippen molar-refractivity contribution < 1.29 is 27.0 Å². The maximum absolute atomic E-state index is 9.20. The largest absolute Gasteiger partial charge is 0.492 e. The lowest BCUT2D eigenvalue weighted by atomic mass is 9.85. The molecule has 6 aromatic carbocycles. The van der Waals surface area contributed by atoms with E-state index in [4.69, 9.17) is 24.2 Å². The molecule has 2 heterocycles. The highest BCUT2D eigenvalue weighted by Gasteiger charge is 2.27. The maximum Gasteiger partial charge on any atom is 0.136 e. The number of hydrogen-bond acceptors (Lipinski definition) is 2. The Morgan fingerprint density at radius 1 is 0.639 bits per heavy atom. The highest BCUT2D eigenvalue weighted by atomic mass is 16.5. The molecular weight excluding hydrogens is 440 g/mol. The van der Waals surface area contributed by atoms with Crippen molar-refractivity contribution in [3.63, 3.8) is 0 Å². The third kappa shape index (κ3) is 2.67. The van der Waals surface area contributed by atoms with Crippen molar-refractivity contribution in [3.8, 4) is 28.0 Å². The van der Waals surface area contributed by atoms with E-state index in [0.29, 0.717) is 23.3 Å². The van der Waals surface area contributed by atoms with Gasteiger partial charge in [-0.15, -0.1) is 0 Å². The maximum atomic E-state index is 9.20. The number of ether oxygens (including phenoxy) is 1. The Kier molecular flexibility index (Phi) is 2.28. The second-order valence-corrected chi connectivity index (χ2v) is 8.55. The average Bonchev–Trinajstić information content (AvgIpc) is 3.73. The van der Waals surface area contributed by atoms with E-state index in [1.165, 1.54) is 0 Å². The van der Waals surface area contributed by atoms with Gasteiger partial charge in [0.2, 0.25) is 0 Å². The second-order valence-electron chi connectivity index (χ2n) is 8.55. The molecule has 0 N–H and O–H groups in total. The van der Waals surface area contributed by atoms with Crippen LogP contribution in [-0.4, -0.2) is 6.61 Å². The van der Waals surface area contributed by atoms with Crippen LogP contribution in [0.1, 0.15) is 23.4 Å². The highest BCUT2D eigenvalue weighted by Crippen LogP contribution is 2.50. The number of hydrogen-bond donors (Lipinski definition) is 0. The molecular formula is C34H22O2.